The minimum absolute atomic E-state index is 0.00704. The molecule has 2 aliphatic rings. The summed E-state index contributed by atoms with van der Waals surface area (Å²) in [5.74, 6) is -0.251. The summed E-state index contributed by atoms with van der Waals surface area (Å²) < 4.78 is 0. The highest BCUT2D eigenvalue weighted by Crippen LogP contribution is 2.26. The summed E-state index contributed by atoms with van der Waals surface area (Å²) in [5.41, 5.74) is 1.49. The van der Waals surface area contributed by atoms with Crippen molar-refractivity contribution in [3.63, 3.8) is 0 Å². The van der Waals surface area contributed by atoms with Crippen LogP contribution in [-0.4, -0.2) is 59.9 Å². The lowest BCUT2D eigenvalue weighted by Crippen LogP contribution is -2.48. The summed E-state index contributed by atoms with van der Waals surface area (Å²) in [6, 6.07) is 16.2. The fraction of sp³-hybridized carbons (Fsp3) is 0.348. The van der Waals surface area contributed by atoms with Gasteiger partial charge in [0.25, 0.3) is 5.91 Å². The van der Waals surface area contributed by atoms with E-state index in [1.54, 1.807) is 23.1 Å². The van der Waals surface area contributed by atoms with Gasteiger partial charge in [0.2, 0.25) is 5.91 Å². The number of piperidine rings is 1. The van der Waals surface area contributed by atoms with Crippen molar-refractivity contribution >= 4 is 35.1 Å². The second-order valence-corrected chi connectivity index (χ2v) is 8.26. The molecule has 2 aliphatic heterocycles. The van der Waals surface area contributed by atoms with E-state index >= 15 is 0 Å². The summed E-state index contributed by atoms with van der Waals surface area (Å²) in [7, 11) is 0. The molecule has 4 amide bonds. The van der Waals surface area contributed by atoms with Crippen molar-refractivity contribution in [1.82, 2.24) is 15.1 Å². The molecule has 0 aliphatic carbocycles. The van der Waals surface area contributed by atoms with Crippen LogP contribution in [0.1, 0.15) is 18.4 Å². The van der Waals surface area contributed by atoms with Crippen LogP contribution in [0.3, 0.4) is 0 Å². The van der Waals surface area contributed by atoms with Crippen LogP contribution >= 0.6 is 11.6 Å². The average molecular weight is 441 g/mol. The number of likely N-dealkylation sites (tertiary alicyclic amines) is 1. The van der Waals surface area contributed by atoms with Crippen LogP contribution in [0.5, 0.6) is 0 Å². The first-order chi connectivity index (χ1) is 15.0. The van der Waals surface area contributed by atoms with E-state index in [1.165, 1.54) is 4.90 Å². The van der Waals surface area contributed by atoms with E-state index in [0.717, 1.165) is 18.4 Å². The molecule has 2 fully saturated rings. The Morgan fingerprint density at radius 2 is 1.68 bits per heavy atom. The number of carbonyl (C=O) groups is 3. The van der Waals surface area contributed by atoms with Gasteiger partial charge in [0.15, 0.2) is 0 Å². The van der Waals surface area contributed by atoms with Gasteiger partial charge in [-0.2, -0.15) is 0 Å². The van der Waals surface area contributed by atoms with Gasteiger partial charge in [0.05, 0.1) is 12.2 Å². The van der Waals surface area contributed by atoms with Gasteiger partial charge < -0.3 is 10.2 Å². The Morgan fingerprint density at radius 3 is 2.39 bits per heavy atom. The smallest absolute Gasteiger partial charge is 0.332 e. The lowest BCUT2D eigenvalue weighted by atomic mass is 10.0. The predicted molar refractivity (Wildman–Crippen MR) is 119 cm³/mol. The van der Waals surface area contributed by atoms with E-state index in [1.807, 2.05) is 36.4 Å². The molecular formula is C23H25ClN4O3. The number of carbonyl (C=O) groups excluding carboxylic acids is 3. The lowest BCUT2D eigenvalue weighted by Gasteiger charge is -2.35. The molecule has 2 aromatic rings. The highest BCUT2D eigenvalue weighted by molar-refractivity contribution is 6.31. The number of amides is 4. The molecule has 2 aromatic carbocycles. The first-order valence-corrected chi connectivity index (χ1v) is 10.8. The van der Waals surface area contributed by atoms with Gasteiger partial charge in [0.1, 0.15) is 6.54 Å². The van der Waals surface area contributed by atoms with Crippen molar-refractivity contribution in [2.24, 2.45) is 0 Å². The second kappa shape index (κ2) is 9.49. The van der Waals surface area contributed by atoms with Gasteiger partial charge in [-0.3, -0.25) is 14.5 Å². The minimum Gasteiger partial charge on any atom is -0.351 e. The molecule has 1 N–H and O–H groups in total. The number of para-hydroxylation sites is 1. The van der Waals surface area contributed by atoms with Crippen LogP contribution in [0.2, 0.25) is 5.02 Å². The zero-order valence-electron chi connectivity index (χ0n) is 17.2. The Labute approximate surface area is 186 Å². The first kappa shape index (κ1) is 21.3. The fourth-order valence-electron chi connectivity index (χ4n) is 4.12. The molecule has 0 spiro atoms. The van der Waals surface area contributed by atoms with Crippen molar-refractivity contribution < 1.29 is 14.4 Å². The molecule has 31 heavy (non-hydrogen) atoms. The molecule has 162 valence electrons. The minimum atomic E-state index is -0.257. The molecule has 8 heteroatoms. The van der Waals surface area contributed by atoms with Crippen LogP contribution in [0.25, 0.3) is 0 Å². The molecule has 0 aromatic heterocycles. The van der Waals surface area contributed by atoms with Crippen molar-refractivity contribution in [3.8, 4) is 0 Å². The molecule has 0 unspecified atom stereocenters. The third kappa shape index (κ3) is 4.89. The van der Waals surface area contributed by atoms with Crippen LogP contribution in [0.15, 0.2) is 54.6 Å². The molecule has 0 atom stereocenters. The van der Waals surface area contributed by atoms with E-state index in [-0.39, 0.29) is 30.4 Å². The number of imide groups is 1. The molecule has 4 rings (SSSR count). The summed E-state index contributed by atoms with van der Waals surface area (Å²) in [6.45, 7) is 2.21. The Morgan fingerprint density at radius 1 is 1.00 bits per heavy atom. The van der Waals surface area contributed by atoms with Crippen molar-refractivity contribution in [2.75, 3.05) is 31.1 Å². The topological polar surface area (TPSA) is 73.0 Å². The van der Waals surface area contributed by atoms with Gasteiger partial charge in [-0.1, -0.05) is 48.0 Å². The number of halogens is 1. The zero-order valence-corrected chi connectivity index (χ0v) is 17.9. The van der Waals surface area contributed by atoms with Crippen LogP contribution in [-0.2, 0) is 16.1 Å². The summed E-state index contributed by atoms with van der Waals surface area (Å²) in [5, 5.41) is 3.55. The number of urea groups is 1. The monoisotopic (exact) mass is 440 g/mol. The third-order valence-corrected chi connectivity index (χ3v) is 6.17. The van der Waals surface area contributed by atoms with Gasteiger partial charge in [-0.15, -0.1) is 0 Å². The number of anilines is 1. The summed E-state index contributed by atoms with van der Waals surface area (Å²) in [6.07, 6.45) is 1.47. The SMILES string of the molecule is O=C(CN1CCC(N2CC(=O)N(c3ccccc3)C2=O)CC1)NCc1ccccc1Cl. The van der Waals surface area contributed by atoms with Gasteiger partial charge in [0, 0.05) is 30.7 Å². The molecule has 2 saturated heterocycles. The normalized spacial score (nSPS) is 18.0. The number of nitrogens with zero attached hydrogens (tertiary/aromatic N) is 3. The van der Waals surface area contributed by atoms with E-state index in [4.69, 9.17) is 11.6 Å². The number of hydrogen-bond acceptors (Lipinski definition) is 4. The predicted octanol–water partition coefficient (Wildman–Crippen LogP) is 2.89. The number of hydrogen-bond donors (Lipinski definition) is 1. The average Bonchev–Trinajstić information content (AvgIpc) is 3.08. The molecule has 0 saturated carbocycles. The molecule has 0 bridgehead atoms. The van der Waals surface area contributed by atoms with Crippen molar-refractivity contribution in [3.05, 3.63) is 65.2 Å². The standard InChI is InChI=1S/C23H25ClN4O3/c24-20-9-5-4-6-17(20)14-25-21(29)15-26-12-10-18(11-13-26)27-16-22(30)28(23(27)31)19-7-2-1-3-8-19/h1-9,18H,10-16H2,(H,25,29). The summed E-state index contributed by atoms with van der Waals surface area (Å²) in [4.78, 5) is 42.6. The second-order valence-electron chi connectivity index (χ2n) is 7.85. The molecule has 2 heterocycles. The van der Waals surface area contributed by atoms with Crippen LogP contribution in [0.4, 0.5) is 10.5 Å². The quantitative estimate of drug-likeness (QED) is 0.701. The maximum atomic E-state index is 12.9. The number of benzene rings is 2. The Hall–Kier alpha value is -2.90. The summed E-state index contributed by atoms with van der Waals surface area (Å²) >= 11 is 6.13. The first-order valence-electron chi connectivity index (χ1n) is 10.4. The number of nitrogens with one attached hydrogen (secondary N) is 1. The van der Waals surface area contributed by atoms with Crippen LogP contribution in [0, 0.1) is 0 Å². The van der Waals surface area contributed by atoms with Gasteiger partial charge in [-0.25, -0.2) is 9.69 Å². The Kier molecular flexibility index (Phi) is 6.53. The zero-order chi connectivity index (χ0) is 21.8. The van der Waals surface area contributed by atoms with E-state index in [9.17, 15) is 14.4 Å². The largest absolute Gasteiger partial charge is 0.351 e. The maximum Gasteiger partial charge on any atom is 0.332 e. The third-order valence-electron chi connectivity index (χ3n) is 5.81. The fourth-order valence-corrected chi connectivity index (χ4v) is 4.32. The van der Waals surface area contributed by atoms with Gasteiger partial charge in [-0.05, 0) is 36.6 Å². The van der Waals surface area contributed by atoms with E-state index < -0.39 is 0 Å². The molecule has 0 radical (unpaired) electrons. The molecule has 7 nitrogen and oxygen atoms in total. The highest BCUT2D eigenvalue weighted by atomic mass is 35.5. The van der Waals surface area contributed by atoms with E-state index in [2.05, 4.69) is 10.2 Å². The Bertz CT molecular complexity index is 960. The van der Waals surface area contributed by atoms with Crippen LogP contribution < -0.4 is 10.2 Å². The van der Waals surface area contributed by atoms with E-state index in [0.29, 0.717) is 36.9 Å². The van der Waals surface area contributed by atoms with Crippen molar-refractivity contribution in [1.29, 1.82) is 0 Å². The highest BCUT2D eigenvalue weighted by Gasteiger charge is 2.41. The number of rotatable bonds is 6. The molecular weight excluding hydrogens is 416 g/mol. The Balaban J connectivity index is 1.26. The van der Waals surface area contributed by atoms with Crippen molar-refractivity contribution in [2.45, 2.75) is 25.4 Å². The van der Waals surface area contributed by atoms with Gasteiger partial charge >= 0.3 is 6.03 Å². The maximum absolute atomic E-state index is 12.9. The lowest BCUT2D eigenvalue weighted by molar-refractivity contribution is -0.122.